The van der Waals surface area contributed by atoms with Gasteiger partial charge in [-0.25, -0.2) is 0 Å². The van der Waals surface area contributed by atoms with E-state index in [1.165, 1.54) is 0 Å². The van der Waals surface area contributed by atoms with Gasteiger partial charge in [0.15, 0.2) is 0 Å². The van der Waals surface area contributed by atoms with Gasteiger partial charge in [0.25, 0.3) is 0 Å². The van der Waals surface area contributed by atoms with Crippen LogP contribution in [0, 0.1) is 11.8 Å². The molecule has 0 unspecified atom stereocenters. The van der Waals surface area contributed by atoms with Crippen molar-refractivity contribution in [2.75, 3.05) is 6.61 Å². The molecule has 1 aromatic carbocycles. The predicted octanol–water partition coefficient (Wildman–Crippen LogP) is 4.15. The maximum atomic E-state index is 10.7. The van der Waals surface area contributed by atoms with Crippen molar-refractivity contribution in [3.8, 4) is 5.75 Å². The number of rotatable bonds is 9. The van der Waals surface area contributed by atoms with E-state index in [1.54, 1.807) is 30.3 Å². The molecule has 0 aromatic heterocycles. The first kappa shape index (κ1) is 22.5. The van der Waals surface area contributed by atoms with E-state index in [9.17, 15) is 15.0 Å². The molecule has 0 spiro atoms. The number of thioether (sulfide) groups is 1. The van der Waals surface area contributed by atoms with Crippen molar-refractivity contribution in [3.05, 3.63) is 41.4 Å². The summed E-state index contributed by atoms with van der Waals surface area (Å²) in [6.45, 7) is 0.148. The molecule has 1 aliphatic heterocycles. The Labute approximate surface area is 181 Å². The first-order valence-electron chi connectivity index (χ1n) is 10.2. The van der Waals surface area contributed by atoms with Crippen molar-refractivity contribution >= 4 is 29.3 Å². The van der Waals surface area contributed by atoms with Gasteiger partial charge >= 0.3 is 5.97 Å². The van der Waals surface area contributed by atoms with E-state index in [-0.39, 0.29) is 18.9 Å². The van der Waals surface area contributed by atoms with Crippen molar-refractivity contribution in [1.29, 1.82) is 0 Å². The molecule has 1 aromatic rings. The lowest BCUT2D eigenvalue weighted by atomic mass is 9.88. The Bertz CT molecular complexity index is 695. The summed E-state index contributed by atoms with van der Waals surface area (Å²) in [5.41, 5.74) is 0. The van der Waals surface area contributed by atoms with Crippen LogP contribution in [-0.2, 0) is 4.79 Å². The number of carboxylic acids is 1. The highest BCUT2D eigenvalue weighted by molar-refractivity contribution is 8.00. The Balaban J connectivity index is 1.46. The van der Waals surface area contributed by atoms with Crippen LogP contribution >= 0.6 is 23.4 Å². The zero-order valence-corrected chi connectivity index (χ0v) is 17.9. The minimum Gasteiger partial charge on any atom is -0.491 e. The van der Waals surface area contributed by atoms with Crippen molar-refractivity contribution in [1.82, 2.24) is 0 Å². The number of ether oxygens (including phenoxy) is 1. The van der Waals surface area contributed by atoms with Gasteiger partial charge in [0, 0.05) is 27.9 Å². The molecule has 5 nitrogen and oxygen atoms in total. The number of halogens is 1. The number of fused-ring (bicyclic) bond motifs is 1. The van der Waals surface area contributed by atoms with Crippen LogP contribution in [-0.4, -0.2) is 50.6 Å². The minimum atomic E-state index is -0.739. The fraction of sp³-hybridized carbons (Fsp3) is 0.591. The quantitative estimate of drug-likeness (QED) is 0.500. The molecule has 160 valence electrons. The third-order valence-electron chi connectivity index (χ3n) is 5.79. The lowest BCUT2D eigenvalue weighted by molar-refractivity contribution is -0.137. The van der Waals surface area contributed by atoms with Gasteiger partial charge < -0.3 is 20.1 Å². The smallest absolute Gasteiger partial charge is 0.303 e. The van der Waals surface area contributed by atoms with E-state index >= 15 is 0 Å². The van der Waals surface area contributed by atoms with E-state index in [0.717, 1.165) is 32.1 Å². The molecular formula is C22H29ClO5S. The van der Waals surface area contributed by atoms with E-state index in [2.05, 4.69) is 0 Å². The molecular weight excluding hydrogens is 412 g/mol. The van der Waals surface area contributed by atoms with Crippen molar-refractivity contribution in [3.63, 3.8) is 0 Å². The summed E-state index contributed by atoms with van der Waals surface area (Å²) < 4.78 is 5.57. The summed E-state index contributed by atoms with van der Waals surface area (Å²) in [7, 11) is 0. The summed E-state index contributed by atoms with van der Waals surface area (Å²) in [4.78, 5) is 10.7. The molecule has 7 heteroatoms. The molecule has 3 rings (SSSR count). The van der Waals surface area contributed by atoms with E-state index in [4.69, 9.17) is 21.4 Å². The molecule has 1 saturated heterocycles. The van der Waals surface area contributed by atoms with Crippen LogP contribution in [0.15, 0.2) is 36.4 Å². The van der Waals surface area contributed by atoms with Gasteiger partial charge in [-0.15, -0.1) is 0 Å². The lowest BCUT2D eigenvalue weighted by Crippen LogP contribution is -2.27. The molecule has 0 amide bonds. The van der Waals surface area contributed by atoms with Crippen molar-refractivity contribution in [2.45, 2.75) is 61.2 Å². The van der Waals surface area contributed by atoms with Crippen molar-refractivity contribution < 1.29 is 24.9 Å². The lowest BCUT2D eigenvalue weighted by Gasteiger charge is -2.33. The molecule has 2 aliphatic rings. The zero-order chi connectivity index (χ0) is 20.8. The van der Waals surface area contributed by atoms with Gasteiger partial charge in [-0.2, -0.15) is 11.8 Å². The first-order chi connectivity index (χ1) is 13.9. The fourth-order valence-corrected chi connectivity index (χ4v) is 6.34. The maximum Gasteiger partial charge on any atom is 0.303 e. The molecule has 29 heavy (non-hydrogen) atoms. The normalized spacial score (nSPS) is 30.2. The SMILES string of the molecule is O=C(O)CCC[C@H]1CC[C@@H]2[C@@H](/C=C/[C@@H](O)COc3ccc(Cl)cc3)[C@H](O)C[C@@H]2S1. The monoisotopic (exact) mass is 440 g/mol. The first-order valence-corrected chi connectivity index (χ1v) is 11.5. The van der Waals surface area contributed by atoms with Crippen LogP contribution in [0.2, 0.25) is 5.02 Å². The van der Waals surface area contributed by atoms with Crippen LogP contribution in [0.1, 0.15) is 38.5 Å². The molecule has 3 N–H and O–H groups in total. The molecule has 6 atom stereocenters. The molecule has 1 heterocycles. The Morgan fingerprint density at radius 3 is 2.79 bits per heavy atom. The van der Waals surface area contributed by atoms with Crippen molar-refractivity contribution in [2.24, 2.45) is 11.8 Å². The summed E-state index contributed by atoms with van der Waals surface area (Å²) in [5, 5.41) is 31.1. The number of aliphatic hydroxyl groups excluding tert-OH is 2. The molecule has 1 aliphatic carbocycles. The van der Waals surface area contributed by atoms with Crippen LogP contribution < -0.4 is 4.74 Å². The number of aliphatic carboxylic acids is 1. The summed E-state index contributed by atoms with van der Waals surface area (Å²) >= 11 is 7.77. The highest BCUT2D eigenvalue weighted by atomic mass is 35.5. The van der Waals surface area contributed by atoms with Gasteiger partial charge in [0.1, 0.15) is 18.5 Å². The number of benzene rings is 1. The highest BCUT2D eigenvalue weighted by Crippen LogP contribution is 2.49. The standard InChI is InChI=1S/C22H29ClO5S/c23-14-4-7-16(8-5-14)28-13-15(24)6-10-18-19-11-9-17(2-1-3-22(26)27)29-21(19)12-20(18)25/h4-8,10,15,17-21,24-25H,1-3,9,11-13H2,(H,26,27)/b10-6+/t15-,17+,18-,19-,20-,21+/m1/s1. The summed E-state index contributed by atoms with van der Waals surface area (Å²) in [6, 6.07) is 7.00. The van der Waals surface area contributed by atoms with E-state index < -0.39 is 18.2 Å². The van der Waals surface area contributed by atoms with Gasteiger partial charge in [-0.05, 0) is 62.3 Å². The van der Waals surface area contributed by atoms with Crippen LogP contribution in [0.25, 0.3) is 0 Å². The molecule has 1 saturated carbocycles. The molecule has 2 fully saturated rings. The number of hydrogen-bond donors (Lipinski definition) is 3. The largest absolute Gasteiger partial charge is 0.491 e. The Kier molecular flexibility index (Phi) is 8.30. The maximum absolute atomic E-state index is 10.7. The Hall–Kier alpha value is -1.21. The summed E-state index contributed by atoms with van der Waals surface area (Å²) in [6.07, 6.45) is 7.29. The van der Waals surface area contributed by atoms with Gasteiger partial charge in [0.05, 0.1) is 6.10 Å². The number of hydrogen-bond acceptors (Lipinski definition) is 5. The van der Waals surface area contributed by atoms with Crippen LogP contribution in [0.5, 0.6) is 5.75 Å². The van der Waals surface area contributed by atoms with Gasteiger partial charge in [0.2, 0.25) is 0 Å². The zero-order valence-electron chi connectivity index (χ0n) is 16.3. The topological polar surface area (TPSA) is 87.0 Å². The minimum absolute atomic E-state index is 0.0534. The second kappa shape index (κ2) is 10.7. The Morgan fingerprint density at radius 2 is 2.07 bits per heavy atom. The second-order valence-corrected chi connectivity index (χ2v) is 9.90. The van der Waals surface area contributed by atoms with E-state index in [1.807, 2.05) is 17.8 Å². The average molecular weight is 441 g/mol. The fourth-order valence-electron chi connectivity index (χ4n) is 4.32. The second-order valence-electron chi connectivity index (χ2n) is 7.92. The Morgan fingerprint density at radius 1 is 1.31 bits per heavy atom. The van der Waals surface area contributed by atoms with E-state index in [0.29, 0.717) is 27.2 Å². The third-order valence-corrected chi connectivity index (χ3v) is 7.79. The predicted molar refractivity (Wildman–Crippen MR) is 116 cm³/mol. The third kappa shape index (κ3) is 6.64. The van der Waals surface area contributed by atoms with Crippen LogP contribution in [0.4, 0.5) is 0 Å². The summed E-state index contributed by atoms with van der Waals surface area (Å²) in [5.74, 6) is 0.383. The van der Waals surface area contributed by atoms with Crippen LogP contribution in [0.3, 0.4) is 0 Å². The molecule has 0 radical (unpaired) electrons. The number of carbonyl (C=O) groups is 1. The number of aliphatic hydroxyl groups is 2. The molecule has 0 bridgehead atoms. The van der Waals surface area contributed by atoms with Gasteiger partial charge in [-0.3, -0.25) is 4.79 Å². The number of carboxylic acid groups (broad SMARTS) is 1. The van der Waals surface area contributed by atoms with Gasteiger partial charge in [-0.1, -0.05) is 23.8 Å². The highest BCUT2D eigenvalue weighted by Gasteiger charge is 2.44. The average Bonchev–Trinajstić information content (AvgIpc) is 3.00.